The van der Waals surface area contributed by atoms with Gasteiger partial charge in [-0.25, -0.2) is 5.43 Å². The van der Waals surface area contributed by atoms with Crippen molar-refractivity contribution < 1.29 is 14.7 Å². The third kappa shape index (κ3) is 5.56. The molecule has 1 aromatic rings. The van der Waals surface area contributed by atoms with E-state index in [0.29, 0.717) is 12.3 Å². The highest BCUT2D eigenvalue weighted by Crippen LogP contribution is 2.21. The van der Waals surface area contributed by atoms with Gasteiger partial charge in [0.05, 0.1) is 5.71 Å². The number of nitrogens with one attached hydrogen (secondary N) is 2. The third-order valence-corrected chi connectivity index (χ3v) is 4.23. The van der Waals surface area contributed by atoms with E-state index in [4.69, 9.17) is 0 Å². The summed E-state index contributed by atoms with van der Waals surface area (Å²) in [5.74, 6) is -1.20. The molecule has 0 radical (unpaired) electrons. The van der Waals surface area contributed by atoms with Gasteiger partial charge in [-0.1, -0.05) is 13.8 Å². The molecule has 1 saturated carbocycles. The van der Waals surface area contributed by atoms with Crippen molar-refractivity contribution >= 4 is 17.5 Å². The quantitative estimate of drug-likeness (QED) is 0.395. The number of carbonyl (C=O) groups is 2. The van der Waals surface area contributed by atoms with Gasteiger partial charge in [0, 0.05) is 18.2 Å². The highest BCUT2D eigenvalue weighted by molar-refractivity contribution is 6.35. The molecule has 0 heterocycles. The fourth-order valence-corrected chi connectivity index (χ4v) is 2.35. The third-order valence-electron chi connectivity index (χ3n) is 4.23. The van der Waals surface area contributed by atoms with Crippen molar-refractivity contribution in [2.24, 2.45) is 5.10 Å². The number of hydrogen-bond donors (Lipinski definition) is 3. The van der Waals surface area contributed by atoms with Crippen molar-refractivity contribution in [1.29, 1.82) is 0 Å². The summed E-state index contributed by atoms with van der Waals surface area (Å²) in [6.07, 6.45) is 1.84. The number of hydrazone groups is 1. The van der Waals surface area contributed by atoms with E-state index in [1.165, 1.54) is 0 Å². The predicted octanol–water partition coefficient (Wildman–Crippen LogP) is 1.35. The summed E-state index contributed by atoms with van der Waals surface area (Å²) < 4.78 is 0. The molecule has 1 fully saturated rings. The van der Waals surface area contributed by atoms with Gasteiger partial charge in [0.2, 0.25) is 0 Å². The van der Waals surface area contributed by atoms with Gasteiger partial charge in [0.25, 0.3) is 0 Å². The minimum Gasteiger partial charge on any atom is -0.508 e. The number of benzene rings is 1. The number of phenols is 1. The molecule has 1 aliphatic carbocycles. The first-order chi connectivity index (χ1) is 11.9. The summed E-state index contributed by atoms with van der Waals surface area (Å²) in [4.78, 5) is 25.5. The van der Waals surface area contributed by atoms with Crippen LogP contribution in [0.4, 0.5) is 0 Å². The molecule has 136 valence electrons. The van der Waals surface area contributed by atoms with Crippen molar-refractivity contribution in [3.05, 3.63) is 29.3 Å². The lowest BCUT2D eigenvalue weighted by Crippen LogP contribution is -2.39. The SMILES string of the molecule is CCN(CC)Cc1cc(/C(C)=N/NC(=O)C(=O)NC2CC2)ccc1O. The molecule has 0 unspecified atom stereocenters. The van der Waals surface area contributed by atoms with Gasteiger partial charge in [-0.15, -0.1) is 0 Å². The summed E-state index contributed by atoms with van der Waals surface area (Å²) in [7, 11) is 0. The van der Waals surface area contributed by atoms with Crippen molar-refractivity contribution in [1.82, 2.24) is 15.6 Å². The second-order valence-corrected chi connectivity index (χ2v) is 6.19. The molecule has 7 heteroatoms. The molecule has 0 bridgehead atoms. The summed E-state index contributed by atoms with van der Waals surface area (Å²) in [6, 6.07) is 5.33. The first kappa shape index (κ1) is 18.9. The van der Waals surface area contributed by atoms with E-state index >= 15 is 0 Å². The van der Waals surface area contributed by atoms with Crippen LogP contribution in [0.25, 0.3) is 0 Å². The van der Waals surface area contributed by atoms with Crippen LogP contribution in [0.3, 0.4) is 0 Å². The Labute approximate surface area is 148 Å². The van der Waals surface area contributed by atoms with Crippen LogP contribution in [0.15, 0.2) is 23.3 Å². The smallest absolute Gasteiger partial charge is 0.329 e. The van der Waals surface area contributed by atoms with Gasteiger partial charge >= 0.3 is 11.8 Å². The molecular weight excluding hydrogens is 320 g/mol. The average Bonchev–Trinajstić information content (AvgIpc) is 3.42. The van der Waals surface area contributed by atoms with Gasteiger partial charge in [0.15, 0.2) is 0 Å². The van der Waals surface area contributed by atoms with Crippen molar-refractivity contribution in [3.63, 3.8) is 0 Å². The number of phenolic OH excluding ortho intramolecular Hbond substituents is 1. The van der Waals surface area contributed by atoms with Gasteiger partial charge in [0.1, 0.15) is 5.75 Å². The Hall–Kier alpha value is -2.41. The molecule has 25 heavy (non-hydrogen) atoms. The Bertz CT molecular complexity index is 664. The summed E-state index contributed by atoms with van der Waals surface area (Å²) >= 11 is 0. The van der Waals surface area contributed by atoms with E-state index in [9.17, 15) is 14.7 Å². The lowest BCUT2D eigenvalue weighted by atomic mass is 10.1. The van der Waals surface area contributed by atoms with E-state index < -0.39 is 11.8 Å². The lowest BCUT2D eigenvalue weighted by molar-refractivity contribution is -0.139. The first-order valence-electron chi connectivity index (χ1n) is 8.64. The van der Waals surface area contributed by atoms with Crippen LogP contribution in [0, 0.1) is 0 Å². The van der Waals surface area contributed by atoms with Crippen LogP contribution in [0.1, 0.15) is 44.7 Å². The molecule has 0 atom stereocenters. The Morgan fingerprint density at radius 3 is 2.52 bits per heavy atom. The zero-order chi connectivity index (χ0) is 18.4. The maximum atomic E-state index is 11.7. The van der Waals surface area contributed by atoms with Crippen LogP contribution in [0.2, 0.25) is 0 Å². The molecule has 1 aromatic carbocycles. The van der Waals surface area contributed by atoms with Crippen LogP contribution in [-0.2, 0) is 16.1 Å². The average molecular weight is 346 g/mol. The Kier molecular flexibility index (Phi) is 6.52. The van der Waals surface area contributed by atoms with Gasteiger partial charge in [-0.3, -0.25) is 14.5 Å². The predicted molar refractivity (Wildman–Crippen MR) is 96.3 cm³/mol. The zero-order valence-electron chi connectivity index (χ0n) is 15.0. The summed E-state index contributed by atoms with van der Waals surface area (Å²) in [5.41, 5.74) is 4.42. The molecule has 0 spiro atoms. The molecule has 2 amide bonds. The zero-order valence-corrected chi connectivity index (χ0v) is 15.0. The van der Waals surface area contributed by atoms with Gasteiger partial charge in [-0.2, -0.15) is 5.10 Å². The van der Waals surface area contributed by atoms with E-state index in [0.717, 1.165) is 37.1 Å². The molecule has 1 aliphatic rings. The second-order valence-electron chi connectivity index (χ2n) is 6.19. The molecule has 7 nitrogen and oxygen atoms in total. The molecular formula is C18H26N4O3. The van der Waals surface area contributed by atoms with Gasteiger partial charge < -0.3 is 10.4 Å². The van der Waals surface area contributed by atoms with E-state index in [1.807, 2.05) is 6.07 Å². The minimum atomic E-state index is -0.770. The molecule has 0 aromatic heterocycles. The van der Waals surface area contributed by atoms with Gasteiger partial charge in [-0.05, 0) is 56.6 Å². The summed E-state index contributed by atoms with van der Waals surface area (Å²) in [6.45, 7) is 8.29. The normalized spacial score (nSPS) is 14.5. The summed E-state index contributed by atoms with van der Waals surface area (Å²) in [5, 5.41) is 16.7. The fraction of sp³-hybridized carbons (Fsp3) is 0.500. The lowest BCUT2D eigenvalue weighted by Gasteiger charge is -2.19. The highest BCUT2D eigenvalue weighted by atomic mass is 16.3. The van der Waals surface area contributed by atoms with Crippen LogP contribution < -0.4 is 10.7 Å². The van der Waals surface area contributed by atoms with Crippen molar-refractivity contribution in [2.75, 3.05) is 13.1 Å². The highest BCUT2D eigenvalue weighted by Gasteiger charge is 2.26. The fourth-order valence-electron chi connectivity index (χ4n) is 2.35. The Balaban J connectivity index is 2.03. The first-order valence-corrected chi connectivity index (χ1v) is 8.64. The number of hydrogen-bond acceptors (Lipinski definition) is 5. The Morgan fingerprint density at radius 2 is 1.92 bits per heavy atom. The largest absolute Gasteiger partial charge is 0.508 e. The number of amides is 2. The van der Waals surface area contributed by atoms with Crippen LogP contribution in [0.5, 0.6) is 5.75 Å². The number of nitrogens with zero attached hydrogens (tertiary/aromatic N) is 2. The monoisotopic (exact) mass is 346 g/mol. The number of carbonyl (C=O) groups excluding carboxylic acids is 2. The van der Waals surface area contributed by atoms with E-state index in [1.54, 1.807) is 19.1 Å². The molecule has 2 rings (SSSR count). The number of rotatable bonds is 7. The molecule has 0 aliphatic heterocycles. The van der Waals surface area contributed by atoms with E-state index in [-0.39, 0.29) is 11.8 Å². The molecule has 0 saturated heterocycles. The Morgan fingerprint density at radius 1 is 1.24 bits per heavy atom. The van der Waals surface area contributed by atoms with Crippen molar-refractivity contribution in [2.45, 2.75) is 46.2 Å². The number of aromatic hydroxyl groups is 1. The van der Waals surface area contributed by atoms with Crippen molar-refractivity contribution in [3.8, 4) is 5.75 Å². The molecule has 3 N–H and O–H groups in total. The topological polar surface area (TPSA) is 94.0 Å². The van der Waals surface area contributed by atoms with Crippen LogP contribution in [-0.4, -0.2) is 46.7 Å². The minimum absolute atomic E-state index is 0.128. The standard InChI is InChI=1S/C18H26N4O3/c1-4-22(5-2)11-14-10-13(6-9-16(14)23)12(3)20-21-18(25)17(24)19-15-7-8-15/h6,9-10,15,23H,4-5,7-8,11H2,1-3H3,(H,19,24)(H,21,25)/b20-12+. The van der Waals surface area contributed by atoms with E-state index in [2.05, 4.69) is 34.6 Å². The second kappa shape index (κ2) is 8.62. The maximum Gasteiger partial charge on any atom is 0.329 e. The maximum absolute atomic E-state index is 11.7. The van der Waals surface area contributed by atoms with Crippen LogP contribution >= 0.6 is 0 Å².